The number of aliphatic hydroxyl groups excluding tert-OH is 2. The third kappa shape index (κ3) is 2.02. The van der Waals surface area contributed by atoms with E-state index < -0.39 is 5.54 Å². The predicted molar refractivity (Wildman–Crippen MR) is 67.1 cm³/mol. The average molecular weight is 251 g/mol. The van der Waals surface area contributed by atoms with Crippen molar-refractivity contribution in [3.63, 3.8) is 0 Å². The van der Waals surface area contributed by atoms with E-state index in [0.717, 1.165) is 5.39 Å². The Morgan fingerprint density at radius 2 is 2.06 bits per heavy atom. The summed E-state index contributed by atoms with van der Waals surface area (Å²) in [5.74, 6) is 0.568. The van der Waals surface area contributed by atoms with E-state index in [2.05, 4.69) is 20.4 Å². The van der Waals surface area contributed by atoms with E-state index in [9.17, 15) is 10.2 Å². The van der Waals surface area contributed by atoms with E-state index >= 15 is 0 Å². The van der Waals surface area contributed by atoms with Gasteiger partial charge in [-0.15, -0.1) is 0 Å². The summed E-state index contributed by atoms with van der Waals surface area (Å²) in [7, 11) is 1.80. The molecule has 2 aromatic heterocycles. The molecule has 0 aromatic carbocycles. The van der Waals surface area contributed by atoms with Gasteiger partial charge >= 0.3 is 0 Å². The zero-order valence-corrected chi connectivity index (χ0v) is 10.5. The Labute approximate surface area is 104 Å². The largest absolute Gasteiger partial charge is 0.394 e. The van der Waals surface area contributed by atoms with Crippen LogP contribution < -0.4 is 5.32 Å². The maximum atomic E-state index is 9.43. The van der Waals surface area contributed by atoms with Gasteiger partial charge in [0.05, 0.1) is 30.3 Å². The van der Waals surface area contributed by atoms with E-state index in [1.54, 1.807) is 17.9 Å². The van der Waals surface area contributed by atoms with Crippen LogP contribution in [0, 0.1) is 0 Å². The lowest BCUT2D eigenvalue weighted by atomic mass is 9.98. The number of fused-ring (bicyclic) bond motifs is 1. The van der Waals surface area contributed by atoms with Gasteiger partial charge in [0, 0.05) is 7.05 Å². The van der Waals surface area contributed by atoms with Gasteiger partial charge in [-0.2, -0.15) is 5.10 Å². The maximum absolute atomic E-state index is 9.43. The molecule has 0 atom stereocenters. The number of hydrogen-bond acceptors (Lipinski definition) is 6. The van der Waals surface area contributed by atoms with Crippen molar-refractivity contribution in [2.45, 2.75) is 18.9 Å². The molecule has 2 heterocycles. The highest BCUT2D eigenvalue weighted by Crippen LogP contribution is 2.23. The lowest BCUT2D eigenvalue weighted by Gasteiger charge is -2.30. The Hall–Kier alpha value is -1.73. The molecule has 18 heavy (non-hydrogen) atoms. The highest BCUT2D eigenvalue weighted by Gasteiger charge is 2.27. The van der Waals surface area contributed by atoms with Crippen molar-refractivity contribution >= 4 is 16.9 Å². The Morgan fingerprint density at radius 1 is 1.33 bits per heavy atom. The van der Waals surface area contributed by atoms with E-state index in [0.29, 0.717) is 17.9 Å². The second-order valence-electron chi connectivity index (χ2n) is 4.30. The SMILES string of the molecule is CCC(CO)(CO)Nc1ncnc2c1cnn2C. The third-order valence-corrected chi connectivity index (χ3v) is 3.20. The molecule has 7 heteroatoms. The zero-order chi connectivity index (χ0) is 13.2. The first kappa shape index (κ1) is 12.7. The first-order valence-corrected chi connectivity index (χ1v) is 5.78. The number of anilines is 1. The fourth-order valence-electron chi connectivity index (χ4n) is 1.75. The minimum absolute atomic E-state index is 0.175. The average Bonchev–Trinajstić information content (AvgIpc) is 2.79. The van der Waals surface area contributed by atoms with Crippen molar-refractivity contribution in [2.24, 2.45) is 7.05 Å². The Morgan fingerprint density at radius 3 is 2.67 bits per heavy atom. The Balaban J connectivity index is 2.42. The summed E-state index contributed by atoms with van der Waals surface area (Å²) < 4.78 is 1.65. The standard InChI is InChI=1S/C11H17N5O2/c1-3-11(5-17,6-18)15-9-8-4-14-16(2)10(8)13-7-12-9/h4,7,17-18H,3,5-6H2,1-2H3,(H,12,13,15). The zero-order valence-electron chi connectivity index (χ0n) is 10.5. The van der Waals surface area contributed by atoms with Gasteiger partial charge in [0.2, 0.25) is 0 Å². The molecule has 0 aliphatic rings. The maximum Gasteiger partial charge on any atom is 0.163 e. The van der Waals surface area contributed by atoms with Crippen LogP contribution in [-0.4, -0.2) is 48.7 Å². The number of nitrogens with one attached hydrogen (secondary N) is 1. The van der Waals surface area contributed by atoms with Crippen LogP contribution in [0.2, 0.25) is 0 Å². The summed E-state index contributed by atoms with van der Waals surface area (Å²) in [5.41, 5.74) is -0.0784. The fraction of sp³-hybridized carbons (Fsp3) is 0.545. The predicted octanol–water partition coefficient (Wildman–Crippen LogP) is -0.0914. The molecular formula is C11H17N5O2. The smallest absolute Gasteiger partial charge is 0.163 e. The summed E-state index contributed by atoms with van der Waals surface area (Å²) in [6.45, 7) is 1.54. The molecule has 0 bridgehead atoms. The number of hydrogen-bond donors (Lipinski definition) is 3. The monoisotopic (exact) mass is 251 g/mol. The second kappa shape index (κ2) is 4.87. The molecule has 2 aromatic rings. The first-order valence-electron chi connectivity index (χ1n) is 5.78. The molecule has 0 radical (unpaired) electrons. The Bertz CT molecular complexity index is 527. The van der Waals surface area contributed by atoms with Crippen LogP contribution in [0.5, 0.6) is 0 Å². The summed E-state index contributed by atoms with van der Waals surface area (Å²) in [6, 6.07) is 0. The van der Waals surface area contributed by atoms with Gasteiger partial charge in [-0.25, -0.2) is 9.97 Å². The topological polar surface area (TPSA) is 96.1 Å². The van der Waals surface area contributed by atoms with Crippen molar-refractivity contribution < 1.29 is 10.2 Å². The number of aromatic nitrogens is 4. The van der Waals surface area contributed by atoms with Gasteiger partial charge in [-0.3, -0.25) is 4.68 Å². The summed E-state index contributed by atoms with van der Waals surface area (Å²) >= 11 is 0. The van der Waals surface area contributed by atoms with Gasteiger partial charge in [-0.1, -0.05) is 6.92 Å². The van der Waals surface area contributed by atoms with Crippen LogP contribution in [0.15, 0.2) is 12.5 Å². The van der Waals surface area contributed by atoms with Crippen LogP contribution in [0.4, 0.5) is 5.82 Å². The van der Waals surface area contributed by atoms with Gasteiger partial charge in [0.25, 0.3) is 0 Å². The molecule has 0 spiro atoms. The molecule has 7 nitrogen and oxygen atoms in total. The summed E-state index contributed by atoms with van der Waals surface area (Å²) in [6.07, 6.45) is 3.67. The van der Waals surface area contributed by atoms with E-state index in [1.165, 1.54) is 6.33 Å². The minimum atomic E-state index is -0.781. The molecular weight excluding hydrogens is 234 g/mol. The molecule has 0 saturated heterocycles. The molecule has 0 amide bonds. The quantitative estimate of drug-likeness (QED) is 0.687. The highest BCUT2D eigenvalue weighted by atomic mass is 16.3. The van der Waals surface area contributed by atoms with Gasteiger partial charge in [0.15, 0.2) is 5.65 Å². The molecule has 0 aliphatic carbocycles. The van der Waals surface area contributed by atoms with Gasteiger partial charge < -0.3 is 15.5 Å². The molecule has 0 unspecified atom stereocenters. The summed E-state index contributed by atoms with van der Waals surface area (Å²) in [4.78, 5) is 8.28. The molecule has 0 aliphatic heterocycles. The number of rotatable bonds is 5. The third-order valence-electron chi connectivity index (χ3n) is 3.20. The van der Waals surface area contributed by atoms with Crippen LogP contribution in [0.3, 0.4) is 0 Å². The number of nitrogens with zero attached hydrogens (tertiary/aromatic N) is 4. The van der Waals surface area contributed by atoms with Crippen molar-refractivity contribution in [1.82, 2.24) is 19.7 Å². The molecule has 98 valence electrons. The van der Waals surface area contributed by atoms with E-state index in [-0.39, 0.29) is 13.2 Å². The highest BCUT2D eigenvalue weighted by molar-refractivity contribution is 5.86. The molecule has 0 fully saturated rings. The number of aryl methyl sites for hydroxylation is 1. The lowest BCUT2D eigenvalue weighted by Crippen LogP contribution is -2.45. The van der Waals surface area contributed by atoms with Crippen LogP contribution in [0.1, 0.15) is 13.3 Å². The molecule has 3 N–H and O–H groups in total. The van der Waals surface area contributed by atoms with E-state index in [1.807, 2.05) is 6.92 Å². The Kier molecular flexibility index (Phi) is 3.44. The van der Waals surface area contributed by atoms with Gasteiger partial charge in [0.1, 0.15) is 12.1 Å². The van der Waals surface area contributed by atoms with Gasteiger partial charge in [-0.05, 0) is 6.42 Å². The second-order valence-corrected chi connectivity index (χ2v) is 4.30. The van der Waals surface area contributed by atoms with Crippen molar-refractivity contribution in [1.29, 1.82) is 0 Å². The lowest BCUT2D eigenvalue weighted by molar-refractivity contribution is 0.132. The van der Waals surface area contributed by atoms with Crippen LogP contribution >= 0.6 is 0 Å². The molecule has 2 rings (SSSR count). The fourth-order valence-corrected chi connectivity index (χ4v) is 1.75. The first-order chi connectivity index (χ1) is 8.65. The van der Waals surface area contributed by atoms with Crippen molar-refractivity contribution in [2.75, 3.05) is 18.5 Å². The normalized spacial score (nSPS) is 12.0. The molecule has 0 saturated carbocycles. The number of aliphatic hydroxyl groups is 2. The summed E-state index contributed by atoms with van der Waals surface area (Å²) in [5, 5.41) is 26.8. The van der Waals surface area contributed by atoms with Crippen LogP contribution in [0.25, 0.3) is 11.0 Å². The van der Waals surface area contributed by atoms with E-state index in [4.69, 9.17) is 0 Å². The van der Waals surface area contributed by atoms with Crippen molar-refractivity contribution in [3.05, 3.63) is 12.5 Å². The van der Waals surface area contributed by atoms with Crippen molar-refractivity contribution in [3.8, 4) is 0 Å². The minimum Gasteiger partial charge on any atom is -0.394 e. The van der Waals surface area contributed by atoms with Crippen LogP contribution in [-0.2, 0) is 7.05 Å².